The third-order valence-corrected chi connectivity index (χ3v) is 9.17. The number of nitrogens with zero attached hydrogens (tertiary/aromatic N) is 1. The zero-order valence-electron chi connectivity index (χ0n) is 21.7. The molecule has 1 saturated carbocycles. The number of amides is 2. The third-order valence-electron chi connectivity index (χ3n) is 8.17. The molecule has 3 rings (SSSR count). The Labute approximate surface area is 217 Å². The molecule has 0 radical (unpaired) electrons. The van der Waals surface area contributed by atoms with Crippen molar-refractivity contribution in [3.63, 3.8) is 0 Å². The molecule has 0 aromatic carbocycles. The van der Waals surface area contributed by atoms with Crippen LogP contribution in [-0.4, -0.2) is 64.3 Å². The number of thiazole rings is 1. The molecule has 1 heterocycles. The minimum atomic E-state index is -0.731. The highest BCUT2D eigenvalue weighted by atomic mass is 32.1. The molecule has 2 aliphatic carbocycles. The maximum absolute atomic E-state index is 13.2. The van der Waals surface area contributed by atoms with Gasteiger partial charge in [0.1, 0.15) is 6.61 Å². The highest BCUT2D eigenvalue weighted by Gasteiger charge is 2.59. The van der Waals surface area contributed by atoms with E-state index in [0.717, 1.165) is 10.6 Å². The van der Waals surface area contributed by atoms with Gasteiger partial charge < -0.3 is 25.4 Å². The van der Waals surface area contributed by atoms with Gasteiger partial charge in [0.15, 0.2) is 5.13 Å². The molecule has 6 unspecified atom stereocenters. The van der Waals surface area contributed by atoms with E-state index in [1.165, 1.54) is 17.4 Å². The molecular weight excluding hydrogens is 482 g/mol. The fourth-order valence-corrected chi connectivity index (χ4v) is 7.23. The first kappa shape index (κ1) is 28.6. The van der Waals surface area contributed by atoms with Crippen LogP contribution in [0.25, 0.3) is 0 Å². The van der Waals surface area contributed by atoms with E-state index in [9.17, 15) is 24.9 Å². The van der Waals surface area contributed by atoms with Crippen LogP contribution in [0.5, 0.6) is 0 Å². The molecule has 36 heavy (non-hydrogen) atoms. The highest BCUT2D eigenvalue weighted by Crippen LogP contribution is 2.62. The second kappa shape index (κ2) is 11.6. The van der Waals surface area contributed by atoms with E-state index in [1.807, 2.05) is 20.8 Å². The van der Waals surface area contributed by atoms with Crippen LogP contribution >= 0.6 is 11.3 Å². The van der Waals surface area contributed by atoms with Crippen molar-refractivity contribution in [3.8, 4) is 0 Å². The van der Waals surface area contributed by atoms with E-state index in [2.05, 4.69) is 24.1 Å². The number of anilines is 1. The summed E-state index contributed by atoms with van der Waals surface area (Å²) in [6.07, 6.45) is 2.82. The first-order valence-corrected chi connectivity index (χ1v) is 13.5. The number of nitrogens with one attached hydrogen (secondary N) is 2. The number of carbonyl (C=O) groups excluding carboxylic acids is 2. The Bertz CT molecular complexity index is 952. The Balaban J connectivity index is 1.95. The summed E-state index contributed by atoms with van der Waals surface area (Å²) in [5, 5.41) is 37.1. The van der Waals surface area contributed by atoms with Crippen molar-refractivity contribution >= 4 is 28.5 Å². The largest absolute Gasteiger partial charge is 0.445 e. The van der Waals surface area contributed by atoms with E-state index in [1.54, 1.807) is 0 Å². The van der Waals surface area contributed by atoms with Crippen molar-refractivity contribution in [2.24, 2.45) is 22.7 Å². The average Bonchev–Trinajstić information content (AvgIpc) is 3.22. The lowest BCUT2D eigenvalue weighted by molar-refractivity contribution is -0.144. The van der Waals surface area contributed by atoms with Gasteiger partial charge in [-0.3, -0.25) is 10.1 Å². The van der Waals surface area contributed by atoms with E-state index >= 15 is 0 Å². The van der Waals surface area contributed by atoms with E-state index in [4.69, 9.17) is 9.72 Å². The molecule has 0 bridgehead atoms. The number of hydrogen-bond donors (Lipinski definition) is 5. The molecule has 2 aliphatic rings. The topological polar surface area (TPSA) is 141 Å². The first-order valence-electron chi connectivity index (χ1n) is 12.7. The summed E-state index contributed by atoms with van der Waals surface area (Å²) in [6, 6.07) is -0.327. The van der Waals surface area contributed by atoms with Crippen LogP contribution in [0.1, 0.15) is 69.9 Å². The van der Waals surface area contributed by atoms with Gasteiger partial charge in [-0.15, -0.1) is 11.3 Å². The minimum Gasteiger partial charge on any atom is -0.445 e. The predicted octanol–water partition coefficient (Wildman–Crippen LogP) is 3.21. The van der Waals surface area contributed by atoms with Crippen LogP contribution in [0.3, 0.4) is 0 Å². The van der Waals surface area contributed by atoms with Gasteiger partial charge in [-0.05, 0) is 42.9 Å². The van der Waals surface area contributed by atoms with Crippen molar-refractivity contribution in [1.82, 2.24) is 10.3 Å². The third kappa shape index (κ3) is 5.77. The van der Waals surface area contributed by atoms with Crippen molar-refractivity contribution in [2.75, 3.05) is 25.1 Å². The number of carbonyl (C=O) groups is 2. The normalized spacial score (nSPS) is 30.2. The van der Waals surface area contributed by atoms with Gasteiger partial charge in [-0.25, -0.2) is 9.78 Å². The molecule has 0 aliphatic heterocycles. The summed E-state index contributed by atoms with van der Waals surface area (Å²) < 4.78 is 5.03. The Kier molecular flexibility index (Phi) is 9.19. The molecule has 6 atom stereocenters. The smallest absolute Gasteiger partial charge is 0.413 e. The molecule has 0 saturated heterocycles. The fraction of sp³-hybridized carbons (Fsp3) is 0.731. The zero-order chi connectivity index (χ0) is 26.7. The Hall–Kier alpha value is -2.01. The molecule has 1 aromatic rings. The van der Waals surface area contributed by atoms with Crippen molar-refractivity contribution in [3.05, 3.63) is 23.2 Å². The molecule has 2 amide bonds. The standard InChI is InChI=1S/C26H41N3O6S/c1-6-9-35-24(34)29-23-28-22-17(11-21(33)27-16(13-30)10-15(2)3)25(4)8-7-20(32)26(5,14-31)19(25)12-18(22)36-23/h6,15-17,19-20,30-32H,1,7-14H2,2-5H3,(H,27,33)(H,28,29,34). The molecule has 1 fully saturated rings. The van der Waals surface area contributed by atoms with Crippen molar-refractivity contribution in [1.29, 1.82) is 0 Å². The maximum atomic E-state index is 13.2. The average molecular weight is 524 g/mol. The van der Waals surface area contributed by atoms with Crippen LogP contribution in [-0.2, 0) is 16.0 Å². The SMILES string of the molecule is C=CCOC(=O)Nc1nc2c(s1)CC1C(C)(CO)C(O)CCC1(C)C2CC(=O)NC(CO)CC(C)C. The van der Waals surface area contributed by atoms with Crippen molar-refractivity contribution < 1.29 is 29.6 Å². The van der Waals surface area contributed by atoms with Crippen LogP contribution in [0.4, 0.5) is 9.93 Å². The molecular formula is C26H41N3O6S. The van der Waals surface area contributed by atoms with Crippen molar-refractivity contribution in [2.45, 2.75) is 77.9 Å². The van der Waals surface area contributed by atoms with E-state index in [0.29, 0.717) is 36.7 Å². The summed E-state index contributed by atoms with van der Waals surface area (Å²) in [7, 11) is 0. The van der Waals surface area contributed by atoms with Gasteiger partial charge in [-0.1, -0.05) is 40.3 Å². The van der Waals surface area contributed by atoms with Gasteiger partial charge in [-0.2, -0.15) is 0 Å². The Morgan fingerprint density at radius 2 is 2.06 bits per heavy atom. The first-order chi connectivity index (χ1) is 17.0. The Morgan fingerprint density at radius 3 is 2.67 bits per heavy atom. The Morgan fingerprint density at radius 1 is 1.33 bits per heavy atom. The molecule has 202 valence electrons. The van der Waals surface area contributed by atoms with Crippen LogP contribution < -0.4 is 10.6 Å². The monoisotopic (exact) mass is 523 g/mol. The van der Waals surface area contributed by atoms with Crippen LogP contribution in [0.15, 0.2) is 12.7 Å². The summed E-state index contributed by atoms with van der Waals surface area (Å²) >= 11 is 1.34. The number of rotatable bonds is 10. The van der Waals surface area contributed by atoms with Crippen LogP contribution in [0, 0.1) is 22.7 Å². The van der Waals surface area contributed by atoms with Gasteiger partial charge in [0.2, 0.25) is 5.91 Å². The lowest BCUT2D eigenvalue weighted by Crippen LogP contribution is -2.58. The molecule has 5 N–H and O–H groups in total. The summed E-state index contributed by atoms with van der Waals surface area (Å²) in [6.45, 7) is 11.4. The highest BCUT2D eigenvalue weighted by molar-refractivity contribution is 7.15. The van der Waals surface area contributed by atoms with E-state index < -0.39 is 23.0 Å². The second-order valence-corrected chi connectivity index (χ2v) is 12.2. The molecule has 1 aromatic heterocycles. The number of aliphatic hydroxyl groups is 3. The predicted molar refractivity (Wildman–Crippen MR) is 139 cm³/mol. The summed E-state index contributed by atoms with van der Waals surface area (Å²) in [5.41, 5.74) is -0.359. The minimum absolute atomic E-state index is 0.0784. The molecule has 9 nitrogen and oxygen atoms in total. The summed E-state index contributed by atoms with van der Waals surface area (Å²) in [5.74, 6) is -0.214. The van der Waals surface area contributed by atoms with Crippen LogP contribution in [0.2, 0.25) is 0 Å². The lowest BCUT2D eigenvalue weighted by atomic mass is 9.47. The number of aliphatic hydroxyl groups excluding tert-OH is 3. The second-order valence-electron chi connectivity index (χ2n) is 11.2. The lowest BCUT2D eigenvalue weighted by Gasteiger charge is -2.58. The number of aromatic nitrogens is 1. The number of ether oxygens (including phenoxy) is 1. The van der Waals surface area contributed by atoms with Gasteiger partial charge in [0, 0.05) is 22.6 Å². The molecule has 10 heteroatoms. The van der Waals surface area contributed by atoms with Gasteiger partial charge in [0.25, 0.3) is 0 Å². The fourth-order valence-electron chi connectivity index (χ4n) is 6.18. The van der Waals surface area contributed by atoms with Gasteiger partial charge >= 0.3 is 6.09 Å². The maximum Gasteiger partial charge on any atom is 0.413 e. The molecule has 0 spiro atoms. The zero-order valence-corrected chi connectivity index (χ0v) is 22.6. The quantitative estimate of drug-likeness (QED) is 0.297. The number of hydrogen-bond acceptors (Lipinski definition) is 8. The number of fused-ring (bicyclic) bond motifs is 2. The van der Waals surface area contributed by atoms with E-state index in [-0.39, 0.29) is 50.0 Å². The van der Waals surface area contributed by atoms with Gasteiger partial charge in [0.05, 0.1) is 31.1 Å². The summed E-state index contributed by atoms with van der Waals surface area (Å²) in [4.78, 5) is 31.0.